The van der Waals surface area contributed by atoms with Crippen LogP contribution < -0.4 is 16.2 Å². The summed E-state index contributed by atoms with van der Waals surface area (Å²) >= 11 is 0. The number of rotatable bonds is 6. The molecule has 0 aromatic heterocycles. The van der Waals surface area contributed by atoms with Crippen LogP contribution >= 0.6 is 0 Å². The second-order valence-electron chi connectivity index (χ2n) is 4.68. The zero-order chi connectivity index (χ0) is 16.8. The minimum Gasteiger partial charge on any atom is -0.396 e. The van der Waals surface area contributed by atoms with Crippen molar-refractivity contribution in [3.8, 4) is 0 Å². The molecule has 0 aliphatic carbocycles. The van der Waals surface area contributed by atoms with Gasteiger partial charge < -0.3 is 10.4 Å². The smallest absolute Gasteiger partial charge is 0.396 e. The van der Waals surface area contributed by atoms with Gasteiger partial charge in [0.1, 0.15) is 5.82 Å². The van der Waals surface area contributed by atoms with E-state index in [0.717, 1.165) is 0 Å². The standard InChI is InChI=1S/C13H17F4N3O2/c1-8(3-2-6-21)18-12(22)20-19-11-7-9(13(15,16)17)4-5-10(11)14/h4-5,7-8,19,21H,2-3,6H2,1H3,(H2,18,20,22). The lowest BCUT2D eigenvalue weighted by atomic mass is 10.2. The van der Waals surface area contributed by atoms with Gasteiger partial charge in [-0.05, 0) is 38.0 Å². The van der Waals surface area contributed by atoms with Crippen LogP contribution in [0.3, 0.4) is 0 Å². The summed E-state index contributed by atoms with van der Waals surface area (Å²) in [6.07, 6.45) is -3.58. The largest absolute Gasteiger partial charge is 0.416 e. The molecule has 0 spiro atoms. The maximum atomic E-state index is 13.4. The minimum atomic E-state index is -4.61. The van der Waals surface area contributed by atoms with Gasteiger partial charge in [0.2, 0.25) is 0 Å². The lowest BCUT2D eigenvalue weighted by molar-refractivity contribution is -0.137. The molecule has 124 valence electrons. The molecule has 0 saturated heterocycles. The van der Waals surface area contributed by atoms with Gasteiger partial charge in [0.25, 0.3) is 0 Å². The molecule has 1 aromatic carbocycles. The van der Waals surface area contributed by atoms with Crippen molar-refractivity contribution in [3.63, 3.8) is 0 Å². The van der Waals surface area contributed by atoms with E-state index in [2.05, 4.69) is 16.2 Å². The summed E-state index contributed by atoms with van der Waals surface area (Å²) in [5, 5.41) is 11.1. The quantitative estimate of drug-likeness (QED) is 0.480. The first-order chi connectivity index (χ1) is 10.2. The van der Waals surface area contributed by atoms with Crippen molar-refractivity contribution in [2.45, 2.75) is 32.0 Å². The van der Waals surface area contributed by atoms with Gasteiger partial charge in [-0.3, -0.25) is 10.9 Å². The molecule has 0 saturated carbocycles. The number of carbonyl (C=O) groups excluding carboxylic acids is 1. The van der Waals surface area contributed by atoms with E-state index in [-0.39, 0.29) is 12.6 Å². The first-order valence-corrected chi connectivity index (χ1v) is 6.54. The molecule has 0 heterocycles. The third kappa shape index (κ3) is 5.76. The van der Waals surface area contributed by atoms with Crippen molar-refractivity contribution in [1.29, 1.82) is 0 Å². The lowest BCUT2D eigenvalue weighted by Gasteiger charge is -2.16. The Kier molecular flexibility index (Phi) is 6.41. The number of amides is 2. The van der Waals surface area contributed by atoms with E-state index < -0.39 is 29.3 Å². The Balaban J connectivity index is 2.59. The number of anilines is 1. The molecule has 9 heteroatoms. The third-order valence-electron chi connectivity index (χ3n) is 2.78. The number of halogens is 4. The molecule has 0 aliphatic heterocycles. The molecule has 1 rings (SSSR count). The topological polar surface area (TPSA) is 73.4 Å². The van der Waals surface area contributed by atoms with Gasteiger partial charge in [0.05, 0.1) is 11.3 Å². The Morgan fingerprint density at radius 3 is 2.64 bits per heavy atom. The normalized spacial score (nSPS) is 12.6. The zero-order valence-corrected chi connectivity index (χ0v) is 11.8. The minimum absolute atomic E-state index is 0.0126. The van der Waals surface area contributed by atoms with Crippen molar-refractivity contribution in [2.75, 3.05) is 12.0 Å². The first-order valence-electron chi connectivity index (χ1n) is 6.54. The molecular weight excluding hydrogens is 306 g/mol. The Morgan fingerprint density at radius 2 is 2.05 bits per heavy atom. The molecule has 5 nitrogen and oxygen atoms in total. The van der Waals surface area contributed by atoms with Gasteiger partial charge >= 0.3 is 12.2 Å². The fraction of sp³-hybridized carbons (Fsp3) is 0.462. The van der Waals surface area contributed by atoms with Crippen molar-refractivity contribution >= 4 is 11.7 Å². The lowest BCUT2D eigenvalue weighted by Crippen LogP contribution is -2.43. The van der Waals surface area contributed by atoms with Gasteiger partial charge in [0.15, 0.2) is 0 Å². The number of hydrogen-bond acceptors (Lipinski definition) is 3. The van der Waals surface area contributed by atoms with E-state index in [0.29, 0.717) is 31.0 Å². The van der Waals surface area contributed by atoms with Gasteiger partial charge in [-0.15, -0.1) is 0 Å². The first kappa shape index (κ1) is 18.0. The van der Waals surface area contributed by atoms with E-state index in [1.165, 1.54) is 0 Å². The number of aliphatic hydroxyl groups excluding tert-OH is 1. The number of hydrogen-bond donors (Lipinski definition) is 4. The number of hydrazine groups is 1. The van der Waals surface area contributed by atoms with Gasteiger partial charge in [-0.2, -0.15) is 13.2 Å². The van der Waals surface area contributed by atoms with Crippen LogP contribution in [0, 0.1) is 5.82 Å². The molecule has 4 N–H and O–H groups in total. The molecule has 0 bridgehead atoms. The second-order valence-corrected chi connectivity index (χ2v) is 4.68. The van der Waals surface area contributed by atoms with Crippen molar-refractivity contribution < 1.29 is 27.5 Å². The van der Waals surface area contributed by atoms with E-state index in [1.807, 2.05) is 0 Å². The van der Waals surface area contributed by atoms with E-state index in [4.69, 9.17) is 5.11 Å². The Hall–Kier alpha value is -2.03. The van der Waals surface area contributed by atoms with E-state index >= 15 is 0 Å². The number of benzene rings is 1. The number of aliphatic hydroxyl groups is 1. The maximum Gasteiger partial charge on any atom is 0.416 e. The Morgan fingerprint density at radius 1 is 1.36 bits per heavy atom. The number of nitrogens with one attached hydrogen (secondary N) is 3. The van der Waals surface area contributed by atoms with Crippen molar-refractivity contribution in [1.82, 2.24) is 10.7 Å². The monoisotopic (exact) mass is 323 g/mol. The fourth-order valence-electron chi connectivity index (χ4n) is 1.65. The summed E-state index contributed by atoms with van der Waals surface area (Å²) in [7, 11) is 0. The highest BCUT2D eigenvalue weighted by atomic mass is 19.4. The average Bonchev–Trinajstić information content (AvgIpc) is 2.43. The van der Waals surface area contributed by atoms with Crippen LogP contribution in [-0.4, -0.2) is 23.8 Å². The number of urea groups is 1. The molecular formula is C13H17F4N3O2. The van der Waals surface area contributed by atoms with Gasteiger partial charge in [-0.25, -0.2) is 9.18 Å². The highest BCUT2D eigenvalue weighted by Crippen LogP contribution is 2.31. The van der Waals surface area contributed by atoms with Crippen LogP contribution in [0.1, 0.15) is 25.3 Å². The van der Waals surface area contributed by atoms with Crippen LogP contribution in [0.4, 0.5) is 28.0 Å². The summed E-state index contributed by atoms with van der Waals surface area (Å²) in [4.78, 5) is 11.5. The van der Waals surface area contributed by atoms with Crippen molar-refractivity contribution in [3.05, 3.63) is 29.6 Å². The molecule has 0 fully saturated rings. The van der Waals surface area contributed by atoms with Gasteiger partial charge in [0, 0.05) is 12.6 Å². The summed E-state index contributed by atoms with van der Waals surface area (Å²) in [6, 6.07) is 0.860. The highest BCUT2D eigenvalue weighted by Gasteiger charge is 2.31. The Bertz CT molecular complexity index is 509. The molecule has 0 radical (unpaired) electrons. The second kappa shape index (κ2) is 7.83. The maximum absolute atomic E-state index is 13.4. The summed E-state index contributed by atoms with van der Waals surface area (Å²) in [5.41, 5.74) is 2.63. The van der Waals surface area contributed by atoms with Crippen LogP contribution in [0.2, 0.25) is 0 Å². The number of alkyl halides is 3. The SMILES string of the molecule is CC(CCCO)NC(=O)NNc1cc(C(F)(F)F)ccc1F. The Labute approximate surface area is 124 Å². The molecule has 2 amide bonds. The zero-order valence-electron chi connectivity index (χ0n) is 11.8. The van der Waals surface area contributed by atoms with Crippen LogP contribution in [0.5, 0.6) is 0 Å². The number of carbonyl (C=O) groups is 1. The van der Waals surface area contributed by atoms with Crippen LogP contribution in [0.15, 0.2) is 18.2 Å². The molecule has 1 unspecified atom stereocenters. The average molecular weight is 323 g/mol. The fourth-order valence-corrected chi connectivity index (χ4v) is 1.65. The van der Waals surface area contributed by atoms with Crippen LogP contribution in [0.25, 0.3) is 0 Å². The van der Waals surface area contributed by atoms with Gasteiger partial charge in [-0.1, -0.05) is 0 Å². The summed E-state index contributed by atoms with van der Waals surface area (Å²) in [5.74, 6) is -0.929. The predicted octanol–water partition coefficient (Wildman–Crippen LogP) is 2.63. The predicted molar refractivity (Wildman–Crippen MR) is 72.5 cm³/mol. The summed E-state index contributed by atoms with van der Waals surface area (Å²) < 4.78 is 51.0. The van der Waals surface area contributed by atoms with E-state index in [9.17, 15) is 22.4 Å². The highest BCUT2D eigenvalue weighted by molar-refractivity contribution is 5.75. The molecule has 22 heavy (non-hydrogen) atoms. The van der Waals surface area contributed by atoms with Crippen LogP contribution in [-0.2, 0) is 6.18 Å². The van der Waals surface area contributed by atoms with E-state index in [1.54, 1.807) is 6.92 Å². The summed E-state index contributed by atoms with van der Waals surface area (Å²) in [6.45, 7) is 1.68. The third-order valence-corrected chi connectivity index (χ3v) is 2.78. The molecule has 1 atom stereocenters. The molecule has 1 aromatic rings. The molecule has 0 aliphatic rings. The van der Waals surface area contributed by atoms with Crippen molar-refractivity contribution in [2.24, 2.45) is 0 Å².